The Hall–Kier alpha value is -0.600. The van der Waals surface area contributed by atoms with Crippen LogP contribution in [0.3, 0.4) is 0 Å². The van der Waals surface area contributed by atoms with Crippen LogP contribution in [-0.4, -0.2) is 25.1 Å². The smallest absolute Gasteiger partial charge is 0.0509 e. The Bertz CT molecular complexity index is 164. The SMILES string of the molecule is CN=NN(CCCC(C)C)CCC(C)C. The summed E-state index contributed by atoms with van der Waals surface area (Å²) in [6.45, 7) is 11.1. The van der Waals surface area contributed by atoms with E-state index in [2.05, 4.69) is 43.0 Å². The Balaban J connectivity index is 3.73. The minimum absolute atomic E-state index is 0.740. The van der Waals surface area contributed by atoms with Crippen LogP contribution >= 0.6 is 0 Å². The van der Waals surface area contributed by atoms with E-state index in [9.17, 15) is 0 Å². The van der Waals surface area contributed by atoms with Gasteiger partial charge in [0.05, 0.1) is 7.05 Å². The first-order valence-electron chi connectivity index (χ1n) is 6.11. The number of nitrogens with zero attached hydrogens (tertiary/aromatic N) is 3. The highest BCUT2D eigenvalue weighted by molar-refractivity contribution is 4.55. The summed E-state index contributed by atoms with van der Waals surface area (Å²) in [6, 6.07) is 0. The largest absolute Gasteiger partial charge is 0.279 e. The van der Waals surface area contributed by atoms with Crippen molar-refractivity contribution in [2.75, 3.05) is 20.1 Å². The molecule has 0 radical (unpaired) electrons. The molecule has 0 aromatic carbocycles. The van der Waals surface area contributed by atoms with E-state index in [-0.39, 0.29) is 0 Å². The van der Waals surface area contributed by atoms with Crippen molar-refractivity contribution in [3.8, 4) is 0 Å². The predicted octanol–water partition coefficient (Wildman–Crippen LogP) is 3.77. The van der Waals surface area contributed by atoms with Gasteiger partial charge in [0, 0.05) is 13.1 Å². The third-order valence-corrected chi connectivity index (χ3v) is 2.38. The first-order valence-corrected chi connectivity index (χ1v) is 6.11. The third-order valence-electron chi connectivity index (χ3n) is 2.38. The molecule has 15 heavy (non-hydrogen) atoms. The van der Waals surface area contributed by atoms with Gasteiger partial charge in [0.2, 0.25) is 0 Å². The summed E-state index contributed by atoms with van der Waals surface area (Å²) in [5, 5.41) is 10.1. The molecule has 0 saturated heterocycles. The lowest BCUT2D eigenvalue weighted by molar-refractivity contribution is 0.242. The van der Waals surface area contributed by atoms with Crippen molar-refractivity contribution in [1.82, 2.24) is 5.01 Å². The van der Waals surface area contributed by atoms with Crippen molar-refractivity contribution in [3.63, 3.8) is 0 Å². The molecule has 3 heteroatoms. The van der Waals surface area contributed by atoms with Gasteiger partial charge in [0.15, 0.2) is 0 Å². The maximum atomic E-state index is 4.15. The fourth-order valence-corrected chi connectivity index (χ4v) is 1.42. The van der Waals surface area contributed by atoms with Crippen LogP contribution in [0.5, 0.6) is 0 Å². The molecule has 0 aromatic rings. The minimum atomic E-state index is 0.740. The van der Waals surface area contributed by atoms with E-state index in [4.69, 9.17) is 0 Å². The molecule has 0 rings (SSSR count). The molecule has 0 amide bonds. The van der Waals surface area contributed by atoms with Crippen molar-refractivity contribution in [2.24, 2.45) is 22.2 Å². The van der Waals surface area contributed by atoms with E-state index in [0.29, 0.717) is 0 Å². The molecule has 0 N–H and O–H groups in total. The molecule has 0 saturated carbocycles. The topological polar surface area (TPSA) is 28.0 Å². The van der Waals surface area contributed by atoms with Crippen LogP contribution in [0.1, 0.15) is 47.0 Å². The molecule has 0 bridgehead atoms. The Labute approximate surface area is 94.9 Å². The molecular weight excluding hydrogens is 186 g/mol. The molecule has 0 fully saturated rings. The zero-order chi connectivity index (χ0) is 11.7. The average molecular weight is 213 g/mol. The number of rotatable bonds is 8. The Kier molecular flexibility index (Phi) is 8.34. The summed E-state index contributed by atoms with van der Waals surface area (Å²) in [7, 11) is 1.74. The van der Waals surface area contributed by atoms with Gasteiger partial charge in [-0.3, -0.25) is 5.01 Å². The summed E-state index contributed by atoms with van der Waals surface area (Å²) in [6.07, 6.45) is 3.69. The lowest BCUT2D eigenvalue weighted by Crippen LogP contribution is -2.21. The molecule has 0 unspecified atom stereocenters. The zero-order valence-corrected chi connectivity index (χ0v) is 11.0. The molecule has 0 aliphatic heterocycles. The molecule has 0 aliphatic carbocycles. The maximum absolute atomic E-state index is 4.15. The van der Waals surface area contributed by atoms with E-state index in [1.807, 2.05) is 0 Å². The van der Waals surface area contributed by atoms with E-state index in [0.717, 1.165) is 24.9 Å². The van der Waals surface area contributed by atoms with Crippen molar-refractivity contribution in [2.45, 2.75) is 47.0 Å². The monoisotopic (exact) mass is 213 g/mol. The van der Waals surface area contributed by atoms with E-state index in [1.54, 1.807) is 7.05 Å². The van der Waals surface area contributed by atoms with Gasteiger partial charge in [-0.2, -0.15) is 5.11 Å². The van der Waals surface area contributed by atoms with E-state index >= 15 is 0 Å². The summed E-state index contributed by atoms with van der Waals surface area (Å²) < 4.78 is 0. The zero-order valence-electron chi connectivity index (χ0n) is 11.0. The van der Waals surface area contributed by atoms with Gasteiger partial charge in [-0.25, -0.2) is 0 Å². The molecule has 0 aliphatic rings. The number of hydrogen-bond donors (Lipinski definition) is 0. The summed E-state index contributed by atoms with van der Waals surface area (Å²) in [4.78, 5) is 0. The highest BCUT2D eigenvalue weighted by atomic mass is 15.5. The quantitative estimate of drug-likeness (QED) is 0.445. The van der Waals surface area contributed by atoms with Crippen LogP contribution in [0.15, 0.2) is 10.3 Å². The van der Waals surface area contributed by atoms with Crippen LogP contribution in [-0.2, 0) is 0 Å². The van der Waals surface area contributed by atoms with Crippen LogP contribution in [0, 0.1) is 11.8 Å². The fourth-order valence-electron chi connectivity index (χ4n) is 1.42. The highest BCUT2D eigenvalue weighted by Gasteiger charge is 2.03. The van der Waals surface area contributed by atoms with Gasteiger partial charge in [-0.05, 0) is 31.1 Å². The third kappa shape index (κ3) is 9.70. The summed E-state index contributed by atoms with van der Waals surface area (Å²) >= 11 is 0. The second-order valence-electron chi connectivity index (χ2n) is 4.96. The van der Waals surface area contributed by atoms with Gasteiger partial charge >= 0.3 is 0 Å². The molecule has 0 heterocycles. The average Bonchev–Trinajstić information content (AvgIpc) is 2.13. The molecular formula is C12H27N3. The Morgan fingerprint density at radius 3 is 2.00 bits per heavy atom. The molecule has 90 valence electrons. The normalized spacial score (nSPS) is 11.9. The van der Waals surface area contributed by atoms with Crippen LogP contribution in [0.2, 0.25) is 0 Å². The van der Waals surface area contributed by atoms with Crippen molar-refractivity contribution < 1.29 is 0 Å². The molecule has 3 nitrogen and oxygen atoms in total. The summed E-state index contributed by atoms with van der Waals surface area (Å²) in [5.41, 5.74) is 0. The highest BCUT2D eigenvalue weighted by Crippen LogP contribution is 2.07. The van der Waals surface area contributed by atoms with Crippen molar-refractivity contribution in [3.05, 3.63) is 0 Å². The minimum Gasteiger partial charge on any atom is -0.279 e. The van der Waals surface area contributed by atoms with Crippen LogP contribution in [0.4, 0.5) is 0 Å². The van der Waals surface area contributed by atoms with Gasteiger partial charge in [0.25, 0.3) is 0 Å². The standard InChI is InChI=1S/C12H27N3/c1-11(2)7-6-9-15(14-13-5)10-8-12(3)4/h11-12H,6-10H2,1-5H3. The maximum Gasteiger partial charge on any atom is 0.0509 e. The molecule has 0 atom stereocenters. The van der Waals surface area contributed by atoms with Crippen LogP contribution < -0.4 is 0 Å². The van der Waals surface area contributed by atoms with Gasteiger partial charge in [-0.15, -0.1) is 0 Å². The van der Waals surface area contributed by atoms with Gasteiger partial charge in [-0.1, -0.05) is 32.9 Å². The Morgan fingerprint density at radius 1 is 0.933 bits per heavy atom. The first-order chi connectivity index (χ1) is 7.06. The van der Waals surface area contributed by atoms with Gasteiger partial charge < -0.3 is 0 Å². The van der Waals surface area contributed by atoms with E-state index < -0.39 is 0 Å². The lowest BCUT2D eigenvalue weighted by atomic mass is 10.1. The lowest BCUT2D eigenvalue weighted by Gasteiger charge is -2.18. The molecule has 0 spiro atoms. The Morgan fingerprint density at radius 2 is 1.53 bits per heavy atom. The summed E-state index contributed by atoms with van der Waals surface area (Å²) in [5.74, 6) is 1.53. The predicted molar refractivity (Wildman–Crippen MR) is 65.9 cm³/mol. The van der Waals surface area contributed by atoms with Crippen LogP contribution in [0.25, 0.3) is 0 Å². The van der Waals surface area contributed by atoms with E-state index in [1.165, 1.54) is 19.3 Å². The van der Waals surface area contributed by atoms with Crippen molar-refractivity contribution in [1.29, 1.82) is 0 Å². The van der Waals surface area contributed by atoms with Crippen molar-refractivity contribution >= 4 is 0 Å². The molecule has 0 aromatic heterocycles. The van der Waals surface area contributed by atoms with Gasteiger partial charge in [0.1, 0.15) is 0 Å². The second kappa shape index (κ2) is 8.69. The fraction of sp³-hybridized carbons (Fsp3) is 1.00. The number of hydrogen-bond acceptors (Lipinski definition) is 2. The first kappa shape index (κ1) is 14.4. The second-order valence-corrected chi connectivity index (χ2v) is 4.96.